The Bertz CT molecular complexity index is 723. The highest BCUT2D eigenvalue weighted by Gasteiger charge is 2.00. The number of nitrogens with one attached hydrogen (secondary N) is 1. The fourth-order valence-corrected chi connectivity index (χ4v) is 2.16. The topological polar surface area (TPSA) is 50.9 Å². The third-order valence-electron chi connectivity index (χ3n) is 2.83. The highest BCUT2D eigenvalue weighted by molar-refractivity contribution is 9.10. The van der Waals surface area contributed by atoms with Gasteiger partial charge in [-0.15, -0.1) is 0 Å². The molecule has 19 heavy (non-hydrogen) atoms. The van der Waals surface area contributed by atoms with Crippen molar-refractivity contribution in [2.45, 2.75) is 0 Å². The summed E-state index contributed by atoms with van der Waals surface area (Å²) < 4.78 is 1.06. The quantitative estimate of drug-likeness (QED) is 0.693. The molecule has 0 atom stereocenters. The van der Waals surface area contributed by atoms with E-state index in [2.05, 4.69) is 26.2 Å². The molecule has 0 aliphatic carbocycles. The van der Waals surface area contributed by atoms with Crippen LogP contribution in [0.4, 0.5) is 17.2 Å². The van der Waals surface area contributed by atoms with E-state index >= 15 is 0 Å². The largest absolute Gasteiger partial charge is 0.399 e. The maximum absolute atomic E-state index is 5.75. The lowest BCUT2D eigenvalue weighted by Gasteiger charge is -2.07. The Kier molecular flexibility index (Phi) is 3.09. The lowest BCUT2D eigenvalue weighted by molar-refractivity contribution is 1.37. The van der Waals surface area contributed by atoms with E-state index in [0.29, 0.717) is 0 Å². The van der Waals surface area contributed by atoms with Crippen molar-refractivity contribution in [2.75, 3.05) is 11.1 Å². The average Bonchev–Trinajstić information content (AvgIpc) is 2.42. The van der Waals surface area contributed by atoms with Gasteiger partial charge in [-0.3, -0.25) is 0 Å². The SMILES string of the molecule is Nc1ccc2nc(Nc3ccc(Br)cc3)ccc2c1. The molecule has 0 fully saturated rings. The van der Waals surface area contributed by atoms with Crippen LogP contribution in [0.5, 0.6) is 0 Å². The first-order chi connectivity index (χ1) is 9.20. The van der Waals surface area contributed by atoms with Crippen LogP contribution in [0.2, 0.25) is 0 Å². The molecule has 1 heterocycles. The van der Waals surface area contributed by atoms with E-state index < -0.39 is 0 Å². The molecular formula is C15H12BrN3. The van der Waals surface area contributed by atoms with Crippen molar-refractivity contribution in [2.24, 2.45) is 0 Å². The molecule has 0 aliphatic rings. The van der Waals surface area contributed by atoms with Crippen LogP contribution in [0.15, 0.2) is 59.1 Å². The Labute approximate surface area is 119 Å². The van der Waals surface area contributed by atoms with Crippen molar-refractivity contribution in [3.8, 4) is 0 Å². The minimum Gasteiger partial charge on any atom is -0.399 e. The van der Waals surface area contributed by atoms with E-state index in [1.54, 1.807) is 0 Å². The number of halogens is 1. The van der Waals surface area contributed by atoms with Crippen LogP contribution >= 0.6 is 15.9 Å². The van der Waals surface area contributed by atoms with Crippen molar-refractivity contribution >= 4 is 44.0 Å². The van der Waals surface area contributed by atoms with Gasteiger partial charge in [-0.25, -0.2) is 4.98 Å². The van der Waals surface area contributed by atoms with Gasteiger partial charge < -0.3 is 11.1 Å². The highest BCUT2D eigenvalue weighted by atomic mass is 79.9. The van der Waals surface area contributed by atoms with Crippen LogP contribution in [0, 0.1) is 0 Å². The number of nitrogen functional groups attached to an aromatic ring is 1. The van der Waals surface area contributed by atoms with E-state index in [1.165, 1.54) is 0 Å². The lowest BCUT2D eigenvalue weighted by atomic mass is 10.2. The zero-order valence-electron chi connectivity index (χ0n) is 10.1. The molecular weight excluding hydrogens is 302 g/mol. The zero-order valence-corrected chi connectivity index (χ0v) is 11.7. The van der Waals surface area contributed by atoms with Gasteiger partial charge in [0, 0.05) is 21.2 Å². The van der Waals surface area contributed by atoms with E-state index in [-0.39, 0.29) is 0 Å². The van der Waals surface area contributed by atoms with Gasteiger partial charge in [0.05, 0.1) is 5.52 Å². The minimum absolute atomic E-state index is 0.753. The summed E-state index contributed by atoms with van der Waals surface area (Å²) in [6.45, 7) is 0. The van der Waals surface area contributed by atoms with Crippen LogP contribution in [-0.2, 0) is 0 Å². The fourth-order valence-electron chi connectivity index (χ4n) is 1.89. The summed E-state index contributed by atoms with van der Waals surface area (Å²) in [5.74, 6) is 0.819. The Hall–Kier alpha value is -2.07. The van der Waals surface area contributed by atoms with Gasteiger partial charge in [-0.1, -0.05) is 15.9 Å². The molecule has 0 unspecified atom stereocenters. The first-order valence-corrected chi connectivity index (χ1v) is 6.69. The Morgan fingerprint density at radius 2 is 1.74 bits per heavy atom. The standard InChI is InChI=1S/C15H12BrN3/c16-11-2-5-13(6-3-11)18-15-8-1-10-9-12(17)4-7-14(10)19-15/h1-9H,17H2,(H,18,19). The van der Waals surface area contributed by atoms with Crippen LogP contribution in [0.1, 0.15) is 0 Å². The molecule has 1 aromatic heterocycles. The summed E-state index contributed by atoms with van der Waals surface area (Å²) in [5, 5.41) is 4.32. The van der Waals surface area contributed by atoms with E-state index in [1.807, 2.05) is 54.6 Å². The first-order valence-electron chi connectivity index (χ1n) is 5.89. The van der Waals surface area contributed by atoms with Gasteiger partial charge in [0.25, 0.3) is 0 Å². The molecule has 3 rings (SSSR count). The number of benzene rings is 2. The van der Waals surface area contributed by atoms with E-state index in [9.17, 15) is 0 Å². The predicted molar refractivity (Wildman–Crippen MR) is 83.6 cm³/mol. The van der Waals surface area contributed by atoms with Crippen LogP contribution in [0.25, 0.3) is 10.9 Å². The number of nitrogens with zero attached hydrogens (tertiary/aromatic N) is 1. The third-order valence-corrected chi connectivity index (χ3v) is 3.36. The van der Waals surface area contributed by atoms with Gasteiger partial charge >= 0.3 is 0 Å². The molecule has 2 aromatic carbocycles. The molecule has 3 N–H and O–H groups in total. The van der Waals surface area contributed by atoms with Gasteiger partial charge in [0.2, 0.25) is 0 Å². The molecule has 0 saturated heterocycles. The van der Waals surface area contributed by atoms with E-state index in [4.69, 9.17) is 5.73 Å². The molecule has 3 nitrogen and oxygen atoms in total. The van der Waals surface area contributed by atoms with Crippen LogP contribution in [0.3, 0.4) is 0 Å². The lowest BCUT2D eigenvalue weighted by Crippen LogP contribution is -1.94. The number of hydrogen-bond acceptors (Lipinski definition) is 3. The number of hydrogen-bond donors (Lipinski definition) is 2. The second-order valence-electron chi connectivity index (χ2n) is 4.28. The second kappa shape index (κ2) is 4.90. The van der Waals surface area contributed by atoms with Gasteiger partial charge in [-0.2, -0.15) is 0 Å². The summed E-state index contributed by atoms with van der Waals surface area (Å²) in [7, 11) is 0. The maximum atomic E-state index is 5.75. The van der Waals surface area contributed by atoms with Crippen molar-refractivity contribution in [3.63, 3.8) is 0 Å². The van der Waals surface area contributed by atoms with Crippen molar-refractivity contribution in [1.29, 1.82) is 0 Å². The monoisotopic (exact) mass is 313 g/mol. The number of fused-ring (bicyclic) bond motifs is 1. The summed E-state index contributed by atoms with van der Waals surface area (Å²) in [5.41, 5.74) is 8.44. The number of nitrogens with two attached hydrogens (primary N) is 1. The number of rotatable bonds is 2. The van der Waals surface area contributed by atoms with E-state index in [0.717, 1.165) is 32.6 Å². The molecule has 0 bridgehead atoms. The van der Waals surface area contributed by atoms with Gasteiger partial charge in [0.1, 0.15) is 5.82 Å². The number of pyridine rings is 1. The fraction of sp³-hybridized carbons (Fsp3) is 0. The average molecular weight is 314 g/mol. The van der Waals surface area contributed by atoms with Gasteiger partial charge in [0.15, 0.2) is 0 Å². The Morgan fingerprint density at radius 3 is 2.53 bits per heavy atom. The van der Waals surface area contributed by atoms with Crippen molar-refractivity contribution in [1.82, 2.24) is 4.98 Å². The zero-order chi connectivity index (χ0) is 13.2. The summed E-state index contributed by atoms with van der Waals surface area (Å²) in [6.07, 6.45) is 0. The van der Waals surface area contributed by atoms with Crippen LogP contribution < -0.4 is 11.1 Å². The smallest absolute Gasteiger partial charge is 0.131 e. The summed E-state index contributed by atoms with van der Waals surface area (Å²) >= 11 is 3.41. The molecule has 0 radical (unpaired) electrons. The number of aromatic nitrogens is 1. The second-order valence-corrected chi connectivity index (χ2v) is 5.20. The third kappa shape index (κ3) is 2.69. The maximum Gasteiger partial charge on any atom is 0.131 e. The van der Waals surface area contributed by atoms with Crippen molar-refractivity contribution in [3.05, 3.63) is 59.1 Å². The number of anilines is 3. The molecule has 0 amide bonds. The minimum atomic E-state index is 0.753. The molecule has 0 spiro atoms. The molecule has 0 saturated carbocycles. The normalized spacial score (nSPS) is 10.6. The first kappa shape index (κ1) is 12.0. The molecule has 0 aliphatic heterocycles. The Morgan fingerprint density at radius 1 is 0.947 bits per heavy atom. The summed E-state index contributed by atoms with van der Waals surface area (Å²) in [4.78, 5) is 4.56. The molecule has 3 aromatic rings. The summed E-state index contributed by atoms with van der Waals surface area (Å²) in [6, 6.07) is 17.7. The van der Waals surface area contributed by atoms with Crippen LogP contribution in [-0.4, -0.2) is 4.98 Å². The van der Waals surface area contributed by atoms with Gasteiger partial charge in [-0.05, 0) is 54.6 Å². The molecule has 4 heteroatoms. The highest BCUT2D eigenvalue weighted by Crippen LogP contribution is 2.21. The van der Waals surface area contributed by atoms with Crippen molar-refractivity contribution < 1.29 is 0 Å². The molecule has 94 valence electrons. The predicted octanol–water partition coefficient (Wildman–Crippen LogP) is 4.32. The Balaban J connectivity index is 1.93.